The third kappa shape index (κ3) is 5.88. The number of hydrogen-bond acceptors (Lipinski definition) is 8. The van der Waals surface area contributed by atoms with Gasteiger partial charge in [0, 0.05) is 28.6 Å². The molecule has 3 aromatic carbocycles. The van der Waals surface area contributed by atoms with Crippen molar-refractivity contribution in [2.24, 2.45) is 5.10 Å². The fourth-order valence-corrected chi connectivity index (χ4v) is 4.65. The van der Waals surface area contributed by atoms with Crippen LogP contribution in [0.1, 0.15) is 50.1 Å². The lowest BCUT2D eigenvalue weighted by Crippen LogP contribution is -2.31. The molecule has 1 aromatic heterocycles. The van der Waals surface area contributed by atoms with Crippen LogP contribution in [0.5, 0.6) is 0 Å². The molecule has 1 aliphatic rings. The van der Waals surface area contributed by atoms with Gasteiger partial charge in [0.15, 0.2) is 12.4 Å². The third-order valence-corrected chi connectivity index (χ3v) is 6.91. The molecule has 1 amide bonds. The Morgan fingerprint density at radius 3 is 2.41 bits per heavy atom. The van der Waals surface area contributed by atoms with Gasteiger partial charge in [0.1, 0.15) is 16.8 Å². The summed E-state index contributed by atoms with van der Waals surface area (Å²) in [6.07, 6.45) is 1.85. The first-order chi connectivity index (χ1) is 19.7. The number of furan rings is 1. The fourth-order valence-electron chi connectivity index (χ4n) is 4.34. The first-order valence-corrected chi connectivity index (χ1v) is 12.9. The van der Waals surface area contributed by atoms with Crippen molar-refractivity contribution in [1.29, 1.82) is 0 Å². The number of rotatable bonds is 8. The fraction of sp³-hybridized carbons (Fsp3) is 0.103. The molecular weight excluding hydrogens is 573 g/mol. The second-order valence-electron chi connectivity index (χ2n) is 8.90. The van der Waals surface area contributed by atoms with Crippen LogP contribution in [0.15, 0.2) is 94.6 Å². The number of halogens is 2. The van der Waals surface area contributed by atoms with Crippen LogP contribution in [-0.4, -0.2) is 39.9 Å². The SMILES string of the molecule is O=C(OCC(=O)N1N=C(c2ccc(Cl)cc2)C[C@@H]1c1ccco1)c1ccccc1C(=O)c1ccc(Cl)c([N+](=O)[O-])c1. The molecule has 0 spiro atoms. The van der Waals surface area contributed by atoms with Gasteiger partial charge in [-0.1, -0.05) is 53.5 Å². The van der Waals surface area contributed by atoms with Gasteiger partial charge in [0.25, 0.3) is 11.6 Å². The summed E-state index contributed by atoms with van der Waals surface area (Å²) in [6.45, 7) is -0.664. The minimum atomic E-state index is -0.929. The van der Waals surface area contributed by atoms with Crippen molar-refractivity contribution < 1.29 is 28.5 Å². The highest BCUT2D eigenvalue weighted by atomic mass is 35.5. The van der Waals surface area contributed by atoms with E-state index in [2.05, 4.69) is 5.10 Å². The summed E-state index contributed by atoms with van der Waals surface area (Å²) in [6, 6.07) is 19.3. The number of hydrogen-bond donors (Lipinski definition) is 0. The van der Waals surface area contributed by atoms with E-state index in [1.165, 1.54) is 47.7 Å². The van der Waals surface area contributed by atoms with Crippen molar-refractivity contribution in [3.05, 3.63) is 133 Å². The molecular formula is C29H19Cl2N3O7. The van der Waals surface area contributed by atoms with E-state index in [-0.39, 0.29) is 21.7 Å². The van der Waals surface area contributed by atoms with Crippen LogP contribution in [0.3, 0.4) is 0 Å². The van der Waals surface area contributed by atoms with Crippen LogP contribution in [0.2, 0.25) is 10.0 Å². The molecule has 5 rings (SSSR count). The zero-order valence-electron chi connectivity index (χ0n) is 21.0. The standard InChI is InChI=1S/C29H19Cl2N3O7/c30-19-10-7-17(8-11-19)23-15-25(26-6-3-13-40-26)33(32-23)27(35)16-41-29(37)21-5-2-1-4-20(21)28(36)18-9-12-22(31)24(14-18)34(38)39/h1-14,25H,15-16H2/t25-/m1/s1. The highest BCUT2D eigenvalue weighted by Crippen LogP contribution is 2.33. The maximum atomic E-state index is 13.2. The lowest BCUT2D eigenvalue weighted by Gasteiger charge is -2.19. The quantitative estimate of drug-likeness (QED) is 0.102. The molecule has 1 aliphatic heterocycles. The largest absolute Gasteiger partial charge is 0.467 e. The number of ketones is 1. The van der Waals surface area contributed by atoms with Crippen molar-refractivity contribution in [1.82, 2.24) is 5.01 Å². The van der Waals surface area contributed by atoms with E-state index in [9.17, 15) is 24.5 Å². The second-order valence-corrected chi connectivity index (χ2v) is 9.75. The molecule has 0 radical (unpaired) electrons. The molecule has 0 N–H and O–H groups in total. The average molecular weight is 592 g/mol. The van der Waals surface area contributed by atoms with Crippen molar-refractivity contribution >= 4 is 52.3 Å². The number of hydrazone groups is 1. The highest BCUT2D eigenvalue weighted by Gasteiger charge is 2.35. The number of esters is 1. The number of carbonyl (C=O) groups excluding carboxylic acids is 3. The Morgan fingerprint density at radius 1 is 1.00 bits per heavy atom. The maximum Gasteiger partial charge on any atom is 0.339 e. The van der Waals surface area contributed by atoms with E-state index in [0.29, 0.717) is 22.9 Å². The van der Waals surface area contributed by atoms with Gasteiger partial charge in [-0.25, -0.2) is 9.80 Å². The van der Waals surface area contributed by atoms with E-state index in [4.69, 9.17) is 32.4 Å². The molecule has 0 saturated carbocycles. The summed E-state index contributed by atoms with van der Waals surface area (Å²) in [7, 11) is 0. The van der Waals surface area contributed by atoms with Crippen molar-refractivity contribution in [3.63, 3.8) is 0 Å². The zero-order chi connectivity index (χ0) is 29.1. The molecule has 0 aliphatic carbocycles. The van der Waals surface area contributed by atoms with Crippen LogP contribution in [0.4, 0.5) is 5.69 Å². The van der Waals surface area contributed by atoms with E-state index < -0.39 is 40.9 Å². The van der Waals surface area contributed by atoms with E-state index in [1.807, 2.05) is 0 Å². The summed E-state index contributed by atoms with van der Waals surface area (Å²) >= 11 is 11.9. The number of nitro benzene ring substituents is 1. The van der Waals surface area contributed by atoms with Crippen LogP contribution in [0, 0.1) is 10.1 Å². The first-order valence-electron chi connectivity index (χ1n) is 12.2. The van der Waals surface area contributed by atoms with Crippen LogP contribution < -0.4 is 0 Å². The van der Waals surface area contributed by atoms with Crippen molar-refractivity contribution in [2.45, 2.75) is 12.5 Å². The van der Waals surface area contributed by atoms with Crippen LogP contribution in [0.25, 0.3) is 0 Å². The maximum absolute atomic E-state index is 13.2. The normalized spacial score (nSPS) is 14.4. The molecule has 0 bridgehead atoms. The molecule has 41 heavy (non-hydrogen) atoms. The predicted molar refractivity (Wildman–Crippen MR) is 149 cm³/mol. The number of amides is 1. The summed E-state index contributed by atoms with van der Waals surface area (Å²) < 4.78 is 10.8. The molecule has 206 valence electrons. The Bertz CT molecular complexity index is 1680. The Hall–Kier alpha value is -4.80. The van der Waals surface area contributed by atoms with Gasteiger partial charge < -0.3 is 9.15 Å². The van der Waals surface area contributed by atoms with E-state index in [1.54, 1.807) is 36.4 Å². The highest BCUT2D eigenvalue weighted by molar-refractivity contribution is 6.33. The van der Waals surface area contributed by atoms with Crippen LogP contribution in [-0.2, 0) is 9.53 Å². The molecule has 1 atom stereocenters. The lowest BCUT2D eigenvalue weighted by atomic mass is 9.98. The van der Waals surface area contributed by atoms with Gasteiger partial charge in [0.2, 0.25) is 0 Å². The minimum absolute atomic E-state index is 0.0418. The Morgan fingerprint density at radius 2 is 1.73 bits per heavy atom. The molecule has 10 nitrogen and oxygen atoms in total. The second kappa shape index (κ2) is 11.7. The topological polar surface area (TPSA) is 132 Å². The average Bonchev–Trinajstić information content (AvgIpc) is 3.67. The Balaban J connectivity index is 1.35. The summed E-state index contributed by atoms with van der Waals surface area (Å²) in [5, 5.41) is 17.4. The number of carbonyl (C=O) groups is 3. The summed E-state index contributed by atoms with van der Waals surface area (Å²) in [5.74, 6) is -1.69. The monoisotopic (exact) mass is 591 g/mol. The van der Waals surface area contributed by atoms with E-state index >= 15 is 0 Å². The first kappa shape index (κ1) is 27.8. The van der Waals surface area contributed by atoms with Crippen molar-refractivity contribution in [3.8, 4) is 0 Å². The van der Waals surface area contributed by atoms with Gasteiger partial charge >= 0.3 is 5.97 Å². The van der Waals surface area contributed by atoms with Gasteiger partial charge in [-0.05, 0) is 48.0 Å². The van der Waals surface area contributed by atoms with Crippen molar-refractivity contribution in [2.75, 3.05) is 6.61 Å². The van der Waals surface area contributed by atoms with Crippen LogP contribution >= 0.6 is 23.2 Å². The minimum Gasteiger partial charge on any atom is -0.467 e. The molecule has 2 heterocycles. The lowest BCUT2D eigenvalue weighted by molar-refractivity contribution is -0.384. The van der Waals surface area contributed by atoms with Gasteiger partial charge in [-0.3, -0.25) is 19.7 Å². The molecule has 12 heteroatoms. The van der Waals surface area contributed by atoms with Gasteiger partial charge in [-0.15, -0.1) is 0 Å². The number of nitro groups is 1. The van der Waals surface area contributed by atoms with Gasteiger partial charge in [0.05, 0.1) is 22.5 Å². The molecule has 0 unspecified atom stereocenters. The molecule has 0 fully saturated rings. The smallest absolute Gasteiger partial charge is 0.339 e. The number of nitrogens with zero attached hydrogens (tertiary/aromatic N) is 3. The zero-order valence-corrected chi connectivity index (χ0v) is 22.5. The summed E-state index contributed by atoms with van der Waals surface area (Å²) in [4.78, 5) is 50.0. The third-order valence-electron chi connectivity index (χ3n) is 6.34. The van der Waals surface area contributed by atoms with E-state index in [0.717, 1.165) is 11.6 Å². The van der Waals surface area contributed by atoms with Gasteiger partial charge in [-0.2, -0.15) is 5.10 Å². The number of ether oxygens (including phenoxy) is 1. The predicted octanol–water partition coefficient (Wildman–Crippen LogP) is 6.26. The summed E-state index contributed by atoms with van der Waals surface area (Å²) in [5.41, 5.74) is 0.735. The number of benzene rings is 3. The Labute approximate surface area is 242 Å². The molecule has 4 aromatic rings. The Kier molecular flexibility index (Phi) is 7.95. The molecule has 0 saturated heterocycles.